The van der Waals surface area contributed by atoms with Crippen molar-refractivity contribution in [3.63, 3.8) is 0 Å². The fraction of sp³-hybridized carbons (Fsp3) is 0.533. The molecule has 1 atom stereocenters. The molecule has 1 rings (SSSR count). The molecule has 4 N–H and O–H groups in total. The van der Waals surface area contributed by atoms with Gasteiger partial charge in [0.1, 0.15) is 5.60 Å². The van der Waals surface area contributed by atoms with Crippen LogP contribution in [-0.4, -0.2) is 34.8 Å². The van der Waals surface area contributed by atoms with E-state index in [2.05, 4.69) is 5.32 Å². The molecule has 0 saturated carbocycles. The fourth-order valence-electron chi connectivity index (χ4n) is 1.92. The van der Waals surface area contributed by atoms with Crippen LogP contribution in [0.25, 0.3) is 0 Å². The molecule has 8 heteroatoms. The zero-order valence-corrected chi connectivity index (χ0v) is 13.8. The van der Waals surface area contributed by atoms with Crippen molar-refractivity contribution < 1.29 is 19.6 Å². The van der Waals surface area contributed by atoms with Gasteiger partial charge in [0, 0.05) is 24.6 Å². The van der Waals surface area contributed by atoms with Crippen molar-refractivity contribution in [2.45, 2.75) is 38.7 Å². The summed E-state index contributed by atoms with van der Waals surface area (Å²) in [6.45, 7) is 7.29. The zero-order chi connectivity index (χ0) is 17.8. The molecule has 0 aliphatic carbocycles. The van der Waals surface area contributed by atoms with E-state index in [0.29, 0.717) is 5.56 Å². The molecule has 0 saturated heterocycles. The van der Waals surface area contributed by atoms with Crippen molar-refractivity contribution in [1.82, 2.24) is 5.32 Å². The summed E-state index contributed by atoms with van der Waals surface area (Å²) >= 11 is 0. The van der Waals surface area contributed by atoms with Gasteiger partial charge in [-0.05, 0) is 32.4 Å². The maximum atomic E-state index is 11.8. The van der Waals surface area contributed by atoms with E-state index in [0.717, 1.165) is 0 Å². The lowest BCUT2D eigenvalue weighted by Gasteiger charge is -2.29. The van der Waals surface area contributed by atoms with Crippen LogP contribution >= 0.6 is 0 Å². The van der Waals surface area contributed by atoms with Gasteiger partial charge in [-0.3, -0.25) is 10.1 Å². The first-order valence-electron chi connectivity index (χ1n) is 7.13. The van der Waals surface area contributed by atoms with Gasteiger partial charge in [-0.15, -0.1) is 0 Å². The van der Waals surface area contributed by atoms with Gasteiger partial charge in [-0.1, -0.05) is 13.0 Å². The number of rotatable bonds is 5. The number of benzene rings is 1. The largest absolute Gasteiger partial charge is 0.502 e. The van der Waals surface area contributed by atoms with E-state index >= 15 is 0 Å². The van der Waals surface area contributed by atoms with Crippen molar-refractivity contribution in [2.75, 3.05) is 13.1 Å². The molecule has 0 heterocycles. The average molecular weight is 325 g/mol. The Bertz CT molecular complexity index is 597. The van der Waals surface area contributed by atoms with E-state index in [9.17, 15) is 20.0 Å². The van der Waals surface area contributed by atoms with E-state index in [-0.39, 0.29) is 13.1 Å². The number of phenolic OH excluding ortho intramolecular Hbond substituents is 1. The molecular weight excluding hydrogens is 302 g/mol. The van der Waals surface area contributed by atoms with Crippen molar-refractivity contribution in [3.05, 3.63) is 33.9 Å². The van der Waals surface area contributed by atoms with Crippen LogP contribution in [0.1, 0.15) is 33.3 Å². The standard InChI is InChI=1S/C15H23N3O5/c1-14(2,3)23-13(20)17-9-15(4,8-16)10-5-6-12(19)11(7-10)18(21)22/h5-7,19H,8-9,16H2,1-4H3,(H,17,20). The van der Waals surface area contributed by atoms with Gasteiger partial charge in [-0.2, -0.15) is 0 Å². The van der Waals surface area contributed by atoms with Gasteiger partial charge >= 0.3 is 11.8 Å². The molecular formula is C15H23N3O5. The third-order valence-corrected chi connectivity index (χ3v) is 3.34. The molecule has 0 radical (unpaired) electrons. The number of carbonyl (C=O) groups excluding carboxylic acids is 1. The van der Waals surface area contributed by atoms with E-state index in [4.69, 9.17) is 10.5 Å². The van der Waals surface area contributed by atoms with Crippen LogP contribution in [0.3, 0.4) is 0 Å². The van der Waals surface area contributed by atoms with Crippen molar-refractivity contribution in [3.8, 4) is 5.75 Å². The van der Waals surface area contributed by atoms with Crippen LogP contribution in [0.15, 0.2) is 18.2 Å². The van der Waals surface area contributed by atoms with Crippen LogP contribution < -0.4 is 11.1 Å². The molecule has 0 spiro atoms. The van der Waals surface area contributed by atoms with Crippen LogP contribution in [0.4, 0.5) is 10.5 Å². The molecule has 0 aromatic heterocycles. The fourth-order valence-corrected chi connectivity index (χ4v) is 1.92. The van der Waals surface area contributed by atoms with Crippen LogP contribution in [-0.2, 0) is 10.2 Å². The molecule has 128 valence electrons. The highest BCUT2D eigenvalue weighted by Gasteiger charge is 2.29. The van der Waals surface area contributed by atoms with Crippen molar-refractivity contribution >= 4 is 11.8 Å². The van der Waals surface area contributed by atoms with E-state index in [1.807, 2.05) is 0 Å². The number of nitro groups is 1. The highest BCUT2D eigenvalue weighted by Crippen LogP contribution is 2.31. The normalized spacial score (nSPS) is 14.0. The molecule has 1 unspecified atom stereocenters. The van der Waals surface area contributed by atoms with Crippen LogP contribution in [0, 0.1) is 10.1 Å². The number of nitrogens with two attached hydrogens (primary N) is 1. The number of nitrogens with one attached hydrogen (secondary N) is 1. The van der Waals surface area contributed by atoms with Crippen molar-refractivity contribution in [1.29, 1.82) is 0 Å². The Morgan fingerprint density at radius 3 is 2.48 bits per heavy atom. The molecule has 1 aromatic rings. The molecule has 23 heavy (non-hydrogen) atoms. The number of alkyl carbamates (subject to hydrolysis) is 1. The SMILES string of the molecule is CC(C)(C)OC(=O)NCC(C)(CN)c1ccc(O)c([N+](=O)[O-])c1. The highest BCUT2D eigenvalue weighted by molar-refractivity contribution is 5.68. The van der Waals surface area contributed by atoms with E-state index < -0.39 is 33.5 Å². The summed E-state index contributed by atoms with van der Waals surface area (Å²) in [5, 5.41) is 23.1. The maximum Gasteiger partial charge on any atom is 0.407 e. The maximum absolute atomic E-state index is 11.8. The lowest BCUT2D eigenvalue weighted by atomic mass is 9.82. The molecule has 0 fully saturated rings. The summed E-state index contributed by atoms with van der Waals surface area (Å²) in [6.07, 6.45) is -0.592. The zero-order valence-electron chi connectivity index (χ0n) is 13.8. The number of amides is 1. The Balaban J connectivity index is 2.95. The number of phenols is 1. The van der Waals surface area contributed by atoms with Gasteiger partial charge in [0.2, 0.25) is 0 Å². The Hall–Kier alpha value is -2.35. The minimum absolute atomic E-state index is 0.139. The Kier molecular flexibility index (Phi) is 5.55. The highest BCUT2D eigenvalue weighted by atomic mass is 16.6. The van der Waals surface area contributed by atoms with Gasteiger partial charge in [0.25, 0.3) is 0 Å². The number of nitro benzene ring substituents is 1. The number of nitrogens with zero attached hydrogens (tertiary/aromatic N) is 1. The number of carbonyl (C=O) groups is 1. The van der Waals surface area contributed by atoms with Crippen LogP contribution in [0.5, 0.6) is 5.75 Å². The summed E-state index contributed by atoms with van der Waals surface area (Å²) < 4.78 is 5.16. The number of aromatic hydroxyl groups is 1. The third-order valence-electron chi connectivity index (χ3n) is 3.34. The van der Waals surface area contributed by atoms with Gasteiger partial charge in [0.05, 0.1) is 4.92 Å². The lowest BCUT2D eigenvalue weighted by Crippen LogP contribution is -2.45. The minimum Gasteiger partial charge on any atom is -0.502 e. The molecule has 8 nitrogen and oxygen atoms in total. The average Bonchev–Trinajstić information content (AvgIpc) is 2.43. The first kappa shape index (κ1) is 18.7. The predicted molar refractivity (Wildman–Crippen MR) is 85.4 cm³/mol. The Morgan fingerprint density at radius 1 is 1.39 bits per heavy atom. The first-order valence-corrected chi connectivity index (χ1v) is 7.13. The van der Waals surface area contributed by atoms with Crippen LogP contribution in [0.2, 0.25) is 0 Å². The van der Waals surface area contributed by atoms with Gasteiger partial charge in [0.15, 0.2) is 5.75 Å². The summed E-state index contributed by atoms with van der Waals surface area (Å²) in [6, 6.07) is 4.06. The third kappa shape index (κ3) is 5.10. The molecule has 0 bridgehead atoms. The Labute approximate surface area is 134 Å². The van der Waals surface area contributed by atoms with Gasteiger partial charge < -0.3 is 20.9 Å². The van der Waals surface area contributed by atoms with Crippen molar-refractivity contribution in [2.24, 2.45) is 5.73 Å². The second-order valence-electron chi connectivity index (χ2n) is 6.58. The first-order chi connectivity index (χ1) is 10.5. The smallest absolute Gasteiger partial charge is 0.407 e. The summed E-state index contributed by atoms with van der Waals surface area (Å²) in [7, 11) is 0. The topological polar surface area (TPSA) is 128 Å². The molecule has 1 aromatic carbocycles. The monoisotopic (exact) mass is 325 g/mol. The number of hydrogen-bond donors (Lipinski definition) is 3. The quantitative estimate of drug-likeness (QED) is 0.561. The van der Waals surface area contributed by atoms with Gasteiger partial charge in [-0.25, -0.2) is 4.79 Å². The predicted octanol–water partition coefficient (Wildman–Crippen LogP) is 2.04. The second kappa shape index (κ2) is 6.82. The van der Waals surface area contributed by atoms with E-state index in [1.54, 1.807) is 33.8 Å². The summed E-state index contributed by atoms with van der Waals surface area (Å²) in [5.74, 6) is -0.418. The number of hydrogen-bond acceptors (Lipinski definition) is 6. The lowest BCUT2D eigenvalue weighted by molar-refractivity contribution is -0.386. The van der Waals surface area contributed by atoms with E-state index in [1.165, 1.54) is 12.1 Å². The molecule has 0 aliphatic rings. The minimum atomic E-state index is -0.741. The molecule has 1 amide bonds. The Morgan fingerprint density at radius 2 is 2.00 bits per heavy atom. The summed E-state index contributed by atoms with van der Waals surface area (Å²) in [4.78, 5) is 22.0. The molecule has 0 aliphatic heterocycles. The number of ether oxygens (including phenoxy) is 1. The summed E-state index contributed by atoms with van der Waals surface area (Å²) in [5.41, 5.74) is 4.57. The second-order valence-corrected chi connectivity index (χ2v) is 6.58.